The zero-order chi connectivity index (χ0) is 17.3. The summed E-state index contributed by atoms with van der Waals surface area (Å²) < 4.78 is 0. The van der Waals surface area contributed by atoms with Gasteiger partial charge in [-0.15, -0.1) is 0 Å². The molecule has 1 aromatic carbocycles. The summed E-state index contributed by atoms with van der Waals surface area (Å²) in [6, 6.07) is 8.09. The summed E-state index contributed by atoms with van der Waals surface area (Å²) in [5, 5.41) is 4.53. The fourth-order valence-corrected chi connectivity index (χ4v) is 2.35. The maximum atomic E-state index is 12.6. The van der Waals surface area contributed by atoms with E-state index < -0.39 is 0 Å². The van der Waals surface area contributed by atoms with Gasteiger partial charge < -0.3 is 5.32 Å². The monoisotopic (exact) mass is 312 g/mol. The molecule has 0 spiro atoms. The molecule has 0 saturated heterocycles. The van der Waals surface area contributed by atoms with E-state index in [0.29, 0.717) is 5.56 Å². The van der Waals surface area contributed by atoms with Gasteiger partial charge in [0.15, 0.2) is 5.78 Å². The topological polar surface area (TPSA) is 42.0 Å². The number of nitrogens with zero attached hydrogens (tertiary/aromatic N) is 1. The first-order valence-electron chi connectivity index (χ1n) is 8.41. The third-order valence-corrected chi connectivity index (χ3v) is 4.81. The number of fused-ring (bicyclic) bond motifs is 1. The van der Waals surface area contributed by atoms with E-state index >= 15 is 0 Å². The summed E-state index contributed by atoms with van der Waals surface area (Å²) >= 11 is 0. The van der Waals surface area contributed by atoms with Crippen LogP contribution in [0.3, 0.4) is 0 Å². The molecular weight excluding hydrogens is 284 g/mol. The molecule has 2 aromatic rings. The van der Waals surface area contributed by atoms with Crippen LogP contribution in [0, 0.1) is 5.41 Å². The Hall–Kier alpha value is -1.90. The van der Waals surface area contributed by atoms with Gasteiger partial charge in [0.1, 0.15) is 0 Å². The lowest BCUT2D eigenvalue weighted by molar-refractivity contribution is 0.0833. The summed E-state index contributed by atoms with van der Waals surface area (Å²) in [4.78, 5) is 17.1. The first-order valence-corrected chi connectivity index (χ1v) is 8.41. The summed E-state index contributed by atoms with van der Waals surface area (Å²) in [6.07, 6.45) is 3.56. The van der Waals surface area contributed by atoms with Crippen molar-refractivity contribution in [2.24, 2.45) is 5.41 Å². The molecular formula is C20H28N2O. The molecule has 2 rings (SSSR count). The quantitative estimate of drug-likeness (QED) is 0.721. The van der Waals surface area contributed by atoms with Gasteiger partial charge in [-0.1, -0.05) is 33.8 Å². The second-order valence-electron chi connectivity index (χ2n) is 7.56. The molecule has 0 aliphatic rings. The van der Waals surface area contributed by atoms with Crippen LogP contribution >= 0.6 is 0 Å². The Labute approximate surface area is 139 Å². The van der Waals surface area contributed by atoms with E-state index in [0.717, 1.165) is 29.4 Å². The van der Waals surface area contributed by atoms with Gasteiger partial charge in [-0.05, 0) is 44.9 Å². The van der Waals surface area contributed by atoms with E-state index in [2.05, 4.69) is 37.1 Å². The molecule has 23 heavy (non-hydrogen) atoms. The van der Waals surface area contributed by atoms with Gasteiger partial charge in [0.05, 0.1) is 5.52 Å². The van der Waals surface area contributed by atoms with E-state index in [9.17, 15) is 4.79 Å². The Morgan fingerprint density at radius 2 is 1.78 bits per heavy atom. The summed E-state index contributed by atoms with van der Waals surface area (Å²) in [5.74, 6) is 0.156. The van der Waals surface area contributed by atoms with E-state index in [4.69, 9.17) is 0 Å². The number of rotatable bonds is 6. The average molecular weight is 312 g/mol. The van der Waals surface area contributed by atoms with E-state index in [1.807, 2.05) is 39.0 Å². The second-order valence-corrected chi connectivity index (χ2v) is 7.56. The number of pyridine rings is 1. The third kappa shape index (κ3) is 3.90. The number of hydrogen-bond acceptors (Lipinski definition) is 3. The molecule has 0 aliphatic heterocycles. The van der Waals surface area contributed by atoms with Crippen LogP contribution in [0.1, 0.15) is 64.7 Å². The van der Waals surface area contributed by atoms with Crippen LogP contribution in [-0.2, 0) is 0 Å². The molecule has 0 fully saturated rings. The Balaban J connectivity index is 2.34. The van der Waals surface area contributed by atoms with Crippen LogP contribution < -0.4 is 5.32 Å². The van der Waals surface area contributed by atoms with Crippen molar-refractivity contribution in [3.8, 4) is 0 Å². The van der Waals surface area contributed by atoms with E-state index in [1.165, 1.54) is 0 Å². The van der Waals surface area contributed by atoms with Crippen LogP contribution in [0.4, 0.5) is 5.69 Å². The number of nitrogens with one attached hydrogen (secondary N) is 1. The predicted octanol–water partition coefficient (Wildman–Crippen LogP) is 5.45. The maximum absolute atomic E-state index is 12.6. The summed E-state index contributed by atoms with van der Waals surface area (Å²) in [6.45, 7) is 12.5. The predicted molar refractivity (Wildman–Crippen MR) is 98.1 cm³/mol. The van der Waals surface area contributed by atoms with Crippen molar-refractivity contribution in [1.82, 2.24) is 4.98 Å². The highest BCUT2D eigenvalue weighted by Crippen LogP contribution is 2.28. The molecule has 0 atom stereocenters. The molecule has 0 aliphatic carbocycles. The zero-order valence-electron chi connectivity index (χ0n) is 15.2. The Bertz CT molecular complexity index is 717. The molecule has 3 nitrogen and oxygen atoms in total. The van der Waals surface area contributed by atoms with Crippen molar-refractivity contribution in [2.45, 2.75) is 59.9 Å². The molecule has 1 N–H and O–H groups in total. The maximum Gasteiger partial charge on any atom is 0.170 e. The Morgan fingerprint density at radius 1 is 1.09 bits per heavy atom. The number of anilines is 1. The largest absolute Gasteiger partial charge is 0.380 e. The SMILES string of the molecule is CCC(C)(C)Nc1ccc2cc(C(=O)C(C)(C)CC)cnc2c1. The standard InChI is InChI=1S/C20H28N2O/c1-7-19(3,4)18(23)15-11-14-9-10-16(12-17(14)21-13-15)22-20(5,6)8-2/h9-13,22H,7-8H2,1-6H3. The lowest BCUT2D eigenvalue weighted by atomic mass is 9.82. The van der Waals surface area contributed by atoms with Gasteiger partial charge in [0, 0.05) is 33.8 Å². The van der Waals surface area contributed by atoms with Crippen LogP contribution in [0.5, 0.6) is 0 Å². The average Bonchev–Trinajstić information content (AvgIpc) is 2.53. The van der Waals surface area contributed by atoms with Crippen molar-refractivity contribution in [3.05, 3.63) is 36.0 Å². The highest BCUT2D eigenvalue weighted by atomic mass is 16.1. The molecule has 0 radical (unpaired) electrons. The van der Waals surface area contributed by atoms with Crippen molar-refractivity contribution in [3.63, 3.8) is 0 Å². The van der Waals surface area contributed by atoms with Crippen LogP contribution in [0.2, 0.25) is 0 Å². The lowest BCUT2D eigenvalue weighted by Crippen LogP contribution is -2.29. The first-order chi connectivity index (χ1) is 10.7. The smallest absolute Gasteiger partial charge is 0.170 e. The van der Waals surface area contributed by atoms with Crippen molar-refractivity contribution >= 4 is 22.4 Å². The van der Waals surface area contributed by atoms with E-state index in [1.54, 1.807) is 6.20 Å². The third-order valence-electron chi connectivity index (χ3n) is 4.81. The van der Waals surface area contributed by atoms with Crippen molar-refractivity contribution in [1.29, 1.82) is 0 Å². The summed E-state index contributed by atoms with van der Waals surface area (Å²) in [7, 11) is 0. The molecule has 0 saturated carbocycles. The normalized spacial score (nSPS) is 12.4. The highest BCUT2D eigenvalue weighted by molar-refractivity contribution is 6.02. The van der Waals surface area contributed by atoms with E-state index in [-0.39, 0.29) is 16.7 Å². The van der Waals surface area contributed by atoms with Crippen LogP contribution in [-0.4, -0.2) is 16.3 Å². The first kappa shape index (κ1) is 17.5. The zero-order valence-corrected chi connectivity index (χ0v) is 15.2. The number of benzene rings is 1. The molecule has 0 unspecified atom stereocenters. The van der Waals surface area contributed by atoms with Crippen LogP contribution in [0.15, 0.2) is 30.5 Å². The molecule has 0 amide bonds. The Kier molecular flexibility index (Phi) is 4.79. The van der Waals surface area contributed by atoms with Gasteiger partial charge >= 0.3 is 0 Å². The number of carbonyl (C=O) groups excluding carboxylic acids is 1. The molecule has 0 bridgehead atoms. The number of Topliss-reactive ketones (excluding diaryl/α,β-unsaturated/α-hetero) is 1. The van der Waals surface area contributed by atoms with Gasteiger partial charge in [-0.25, -0.2) is 0 Å². The minimum absolute atomic E-state index is 0.0503. The number of aromatic nitrogens is 1. The second kappa shape index (κ2) is 6.31. The van der Waals surface area contributed by atoms with Gasteiger partial charge in [0.2, 0.25) is 0 Å². The van der Waals surface area contributed by atoms with Crippen LogP contribution in [0.25, 0.3) is 10.9 Å². The summed E-state index contributed by atoms with van der Waals surface area (Å²) in [5.41, 5.74) is 2.37. The number of carbonyl (C=O) groups is 1. The number of hydrogen-bond donors (Lipinski definition) is 1. The van der Waals surface area contributed by atoms with Gasteiger partial charge in [-0.3, -0.25) is 9.78 Å². The van der Waals surface area contributed by atoms with Gasteiger partial charge in [-0.2, -0.15) is 0 Å². The molecule has 3 heteroatoms. The minimum atomic E-state index is -0.345. The fraction of sp³-hybridized carbons (Fsp3) is 0.500. The highest BCUT2D eigenvalue weighted by Gasteiger charge is 2.26. The van der Waals surface area contributed by atoms with Crippen molar-refractivity contribution in [2.75, 3.05) is 5.32 Å². The molecule has 1 heterocycles. The lowest BCUT2D eigenvalue weighted by Gasteiger charge is -2.26. The number of ketones is 1. The fourth-order valence-electron chi connectivity index (χ4n) is 2.35. The van der Waals surface area contributed by atoms with Gasteiger partial charge in [0.25, 0.3) is 0 Å². The minimum Gasteiger partial charge on any atom is -0.380 e. The molecule has 124 valence electrons. The Morgan fingerprint density at radius 3 is 2.39 bits per heavy atom. The van der Waals surface area contributed by atoms with Crippen molar-refractivity contribution < 1.29 is 4.79 Å². The molecule has 1 aromatic heterocycles.